The van der Waals surface area contributed by atoms with E-state index < -0.39 is 5.82 Å². The number of aromatic nitrogens is 4. The number of phenols is 1. The molecule has 9 heteroatoms. The second-order valence-corrected chi connectivity index (χ2v) is 8.21. The molecule has 0 aliphatic carbocycles. The van der Waals surface area contributed by atoms with E-state index in [9.17, 15) is 9.90 Å². The van der Waals surface area contributed by atoms with Gasteiger partial charge in [0.25, 0.3) is 0 Å². The third kappa shape index (κ3) is 3.84. The van der Waals surface area contributed by atoms with Crippen molar-refractivity contribution in [3.63, 3.8) is 0 Å². The van der Waals surface area contributed by atoms with E-state index in [2.05, 4.69) is 25.5 Å². The maximum atomic E-state index is 15.5. The number of hydrogen-bond acceptors (Lipinski definition) is 6. The van der Waals surface area contributed by atoms with Crippen LogP contribution in [0.2, 0.25) is 0 Å². The van der Waals surface area contributed by atoms with E-state index in [1.165, 1.54) is 7.11 Å². The van der Waals surface area contributed by atoms with Crippen molar-refractivity contribution in [2.75, 3.05) is 13.7 Å². The molecule has 0 bridgehead atoms. The minimum Gasteiger partial charge on any atom is -0.508 e. The van der Waals surface area contributed by atoms with Crippen molar-refractivity contribution in [1.29, 1.82) is 0 Å². The lowest BCUT2D eigenvalue weighted by atomic mass is 9.96. The molecule has 0 saturated carbocycles. The number of benzene rings is 2. The summed E-state index contributed by atoms with van der Waals surface area (Å²) in [6, 6.07) is 8.39. The summed E-state index contributed by atoms with van der Waals surface area (Å²) < 4.78 is 20.2. The van der Waals surface area contributed by atoms with Gasteiger partial charge < -0.3 is 20.1 Å². The van der Waals surface area contributed by atoms with E-state index in [-0.39, 0.29) is 24.2 Å². The van der Waals surface area contributed by atoms with Gasteiger partial charge in [0, 0.05) is 29.7 Å². The fourth-order valence-electron chi connectivity index (χ4n) is 4.36. The quantitative estimate of drug-likeness (QED) is 0.323. The van der Waals surface area contributed by atoms with Crippen LogP contribution in [-0.2, 0) is 16.0 Å². The molecule has 0 radical (unpaired) electrons. The van der Waals surface area contributed by atoms with E-state index in [1.54, 1.807) is 30.5 Å². The number of carbonyl (C=O) groups is 1. The van der Waals surface area contributed by atoms with Gasteiger partial charge in [0.1, 0.15) is 17.0 Å². The molecule has 2 aromatic heterocycles. The highest BCUT2D eigenvalue weighted by molar-refractivity contribution is 5.95. The number of rotatable bonds is 6. The molecule has 1 aliphatic heterocycles. The molecule has 1 aliphatic rings. The van der Waals surface area contributed by atoms with Crippen molar-refractivity contribution in [2.24, 2.45) is 0 Å². The molecule has 8 nitrogen and oxygen atoms in total. The molecule has 1 atom stereocenters. The zero-order valence-corrected chi connectivity index (χ0v) is 18.8. The number of halogens is 1. The SMILES string of the molecule is CCc1cc(O)ccc1-c1ccc2c(-c3nc(C4=C[C@H](CC(=O)OC)NC4)c[nH]3)n[nH]c2c1F. The lowest BCUT2D eigenvalue weighted by Gasteiger charge is -2.10. The number of esters is 1. The van der Waals surface area contributed by atoms with Crippen LogP contribution in [0.25, 0.3) is 39.1 Å². The van der Waals surface area contributed by atoms with Gasteiger partial charge in [-0.1, -0.05) is 25.1 Å². The number of phenolic OH excluding ortho intramolecular Hbond substituents is 1. The van der Waals surface area contributed by atoms with Crippen molar-refractivity contribution in [1.82, 2.24) is 25.5 Å². The number of imidazole rings is 1. The molecule has 4 N–H and O–H groups in total. The van der Waals surface area contributed by atoms with Crippen molar-refractivity contribution in [2.45, 2.75) is 25.8 Å². The van der Waals surface area contributed by atoms with Crippen molar-refractivity contribution in [3.8, 4) is 28.4 Å². The zero-order valence-electron chi connectivity index (χ0n) is 18.8. The molecule has 0 spiro atoms. The third-order valence-corrected chi connectivity index (χ3v) is 6.14. The number of aromatic hydroxyl groups is 1. The molecule has 0 unspecified atom stereocenters. The van der Waals surface area contributed by atoms with Gasteiger partial charge >= 0.3 is 5.97 Å². The molecular formula is C25H24FN5O3. The van der Waals surface area contributed by atoms with Gasteiger partial charge in [0.05, 0.1) is 19.2 Å². The number of aromatic amines is 2. The van der Waals surface area contributed by atoms with E-state index >= 15 is 4.39 Å². The van der Waals surface area contributed by atoms with Crippen molar-refractivity contribution < 1.29 is 19.0 Å². The van der Waals surface area contributed by atoms with Crippen LogP contribution in [0.15, 0.2) is 42.6 Å². The van der Waals surface area contributed by atoms with Crippen LogP contribution in [-0.4, -0.2) is 50.9 Å². The fraction of sp³-hybridized carbons (Fsp3) is 0.240. The summed E-state index contributed by atoms with van der Waals surface area (Å²) in [4.78, 5) is 19.3. The number of carbonyl (C=O) groups excluding carboxylic acids is 1. The first-order valence-corrected chi connectivity index (χ1v) is 11.0. The van der Waals surface area contributed by atoms with E-state index in [1.807, 2.05) is 19.1 Å². The molecular weight excluding hydrogens is 437 g/mol. The monoisotopic (exact) mass is 461 g/mol. The first-order chi connectivity index (χ1) is 16.5. The number of ether oxygens (including phenoxy) is 1. The largest absolute Gasteiger partial charge is 0.508 e. The Morgan fingerprint density at radius 1 is 1.26 bits per heavy atom. The summed E-state index contributed by atoms with van der Waals surface area (Å²) in [5, 5.41) is 20.8. The molecule has 0 saturated heterocycles. The Balaban J connectivity index is 1.47. The number of methoxy groups -OCH3 is 1. The van der Waals surface area contributed by atoms with Crippen LogP contribution in [0.5, 0.6) is 5.75 Å². The summed E-state index contributed by atoms with van der Waals surface area (Å²) in [5.41, 5.74) is 4.55. The molecule has 2 aromatic carbocycles. The Morgan fingerprint density at radius 2 is 2.09 bits per heavy atom. The number of hydrogen-bond donors (Lipinski definition) is 4. The van der Waals surface area contributed by atoms with Gasteiger partial charge in [-0.2, -0.15) is 5.10 Å². The number of H-pyrrole nitrogens is 2. The highest BCUT2D eigenvalue weighted by Crippen LogP contribution is 2.35. The first-order valence-electron chi connectivity index (χ1n) is 11.0. The average molecular weight is 461 g/mol. The number of fused-ring (bicyclic) bond motifs is 1. The number of nitrogens with zero attached hydrogens (tertiary/aromatic N) is 2. The van der Waals surface area contributed by atoms with Gasteiger partial charge in [0.15, 0.2) is 11.6 Å². The Hall–Kier alpha value is -3.98. The predicted octanol–water partition coefficient (Wildman–Crippen LogP) is 3.95. The Morgan fingerprint density at radius 3 is 2.88 bits per heavy atom. The maximum absolute atomic E-state index is 15.5. The second kappa shape index (κ2) is 8.75. The molecule has 0 amide bonds. The minimum absolute atomic E-state index is 0.103. The van der Waals surface area contributed by atoms with E-state index in [4.69, 9.17) is 4.74 Å². The van der Waals surface area contributed by atoms with Crippen molar-refractivity contribution in [3.05, 3.63) is 59.7 Å². The van der Waals surface area contributed by atoms with Gasteiger partial charge in [-0.15, -0.1) is 0 Å². The maximum Gasteiger partial charge on any atom is 0.307 e. The lowest BCUT2D eigenvalue weighted by molar-refractivity contribution is -0.140. The zero-order chi connectivity index (χ0) is 23.8. The molecule has 4 aromatic rings. The molecule has 5 rings (SSSR count). The topological polar surface area (TPSA) is 116 Å². The Labute approximate surface area is 194 Å². The summed E-state index contributed by atoms with van der Waals surface area (Å²) in [5.74, 6) is -0.00873. The molecule has 0 fully saturated rings. The lowest BCUT2D eigenvalue weighted by Crippen LogP contribution is -2.25. The smallest absolute Gasteiger partial charge is 0.307 e. The van der Waals surface area contributed by atoms with Gasteiger partial charge in [-0.25, -0.2) is 9.37 Å². The van der Waals surface area contributed by atoms with Gasteiger partial charge in [-0.3, -0.25) is 9.89 Å². The van der Waals surface area contributed by atoms with Crippen molar-refractivity contribution >= 4 is 22.4 Å². The second-order valence-electron chi connectivity index (χ2n) is 8.21. The number of nitrogens with one attached hydrogen (secondary N) is 3. The minimum atomic E-state index is -0.406. The van der Waals surface area contributed by atoms with Crippen LogP contribution in [0.4, 0.5) is 4.39 Å². The Kier molecular flexibility index (Phi) is 5.62. The van der Waals surface area contributed by atoms with Crippen LogP contribution >= 0.6 is 0 Å². The van der Waals surface area contributed by atoms with Gasteiger partial charge in [0.2, 0.25) is 0 Å². The van der Waals surface area contributed by atoms with E-state index in [0.29, 0.717) is 41.0 Å². The fourth-order valence-corrected chi connectivity index (χ4v) is 4.36. The summed E-state index contributed by atoms with van der Waals surface area (Å²) >= 11 is 0. The predicted molar refractivity (Wildman–Crippen MR) is 127 cm³/mol. The molecule has 174 valence electrons. The normalized spacial score (nSPS) is 15.6. The summed E-state index contributed by atoms with van der Waals surface area (Å²) in [6.07, 6.45) is 4.66. The number of aryl methyl sites for hydroxylation is 1. The Bertz CT molecular complexity index is 1420. The van der Waals surface area contributed by atoms with Crippen LogP contribution in [0.3, 0.4) is 0 Å². The van der Waals surface area contributed by atoms with Crippen LogP contribution in [0.1, 0.15) is 24.6 Å². The standard InChI is InChI=1S/C25H24FN5O3/c1-3-13-9-16(32)4-5-17(13)18-6-7-19-23(22(18)26)30-31-24(19)25-28-12-20(29-25)14-8-15(27-11-14)10-21(33)34-2/h4-9,12,15,27,32H,3,10-11H2,1-2H3,(H,28,29)(H,30,31)/t15-/m1/s1. The van der Waals surface area contributed by atoms with Crippen LogP contribution < -0.4 is 5.32 Å². The average Bonchev–Trinajstić information content (AvgIpc) is 3.58. The highest BCUT2D eigenvalue weighted by atomic mass is 19.1. The molecule has 34 heavy (non-hydrogen) atoms. The highest BCUT2D eigenvalue weighted by Gasteiger charge is 2.22. The molecule has 3 heterocycles. The first kappa shape index (κ1) is 21.8. The summed E-state index contributed by atoms with van der Waals surface area (Å²) in [7, 11) is 1.37. The van der Waals surface area contributed by atoms with Gasteiger partial charge in [-0.05, 0) is 41.3 Å². The van der Waals surface area contributed by atoms with Crippen LogP contribution in [0, 0.1) is 5.82 Å². The summed E-state index contributed by atoms with van der Waals surface area (Å²) in [6.45, 7) is 2.54. The third-order valence-electron chi connectivity index (χ3n) is 6.14. The van der Waals surface area contributed by atoms with E-state index in [0.717, 1.165) is 22.4 Å².